The summed E-state index contributed by atoms with van der Waals surface area (Å²) in [5.74, 6) is 0.672. The van der Waals surface area contributed by atoms with Crippen molar-refractivity contribution in [2.24, 2.45) is 0 Å². The zero-order valence-corrected chi connectivity index (χ0v) is 16.2. The number of benzene rings is 3. The van der Waals surface area contributed by atoms with Crippen LogP contribution in [0.1, 0.15) is 60.8 Å². The molecule has 3 aromatic rings. The first kappa shape index (κ1) is 18.4. The molecule has 28 heavy (non-hydrogen) atoms. The summed E-state index contributed by atoms with van der Waals surface area (Å²) in [6.45, 7) is 2.22. The number of phenols is 2. The van der Waals surface area contributed by atoms with Crippen molar-refractivity contribution in [2.45, 2.75) is 38.5 Å². The first-order chi connectivity index (χ1) is 13.7. The molecule has 4 rings (SSSR count). The molecule has 142 valence electrons. The summed E-state index contributed by atoms with van der Waals surface area (Å²) < 4.78 is 0. The minimum atomic E-state index is 0.0875. The van der Waals surface area contributed by atoms with Crippen LogP contribution in [0.25, 0.3) is 11.1 Å². The first-order valence-corrected chi connectivity index (χ1v) is 10.1. The van der Waals surface area contributed by atoms with E-state index in [-0.39, 0.29) is 11.7 Å². The Labute approximate surface area is 166 Å². The van der Waals surface area contributed by atoms with Crippen molar-refractivity contribution in [3.8, 4) is 11.5 Å². The molecule has 2 nitrogen and oxygen atoms in total. The zero-order chi connectivity index (χ0) is 19.5. The van der Waals surface area contributed by atoms with Crippen LogP contribution in [0.3, 0.4) is 0 Å². The van der Waals surface area contributed by atoms with Gasteiger partial charge in [-0.15, -0.1) is 0 Å². The molecule has 2 heteroatoms. The van der Waals surface area contributed by atoms with Gasteiger partial charge >= 0.3 is 0 Å². The third-order valence-electron chi connectivity index (χ3n) is 5.63. The summed E-state index contributed by atoms with van der Waals surface area (Å²) in [6.07, 6.45) is 4.56. The van der Waals surface area contributed by atoms with Gasteiger partial charge in [-0.3, -0.25) is 0 Å². The molecule has 3 aromatic carbocycles. The summed E-state index contributed by atoms with van der Waals surface area (Å²) in [5.41, 5.74) is 7.43. The van der Waals surface area contributed by atoms with Gasteiger partial charge in [0.25, 0.3) is 0 Å². The lowest BCUT2D eigenvalue weighted by Gasteiger charge is -2.19. The van der Waals surface area contributed by atoms with E-state index in [4.69, 9.17) is 0 Å². The van der Waals surface area contributed by atoms with Crippen LogP contribution in [0.15, 0.2) is 72.8 Å². The Hall–Kier alpha value is -3.00. The topological polar surface area (TPSA) is 40.5 Å². The van der Waals surface area contributed by atoms with Gasteiger partial charge in [-0.1, -0.05) is 68.3 Å². The van der Waals surface area contributed by atoms with Crippen molar-refractivity contribution in [1.82, 2.24) is 0 Å². The highest BCUT2D eigenvalue weighted by Crippen LogP contribution is 2.52. The molecule has 2 N–H and O–H groups in total. The standard InChI is InChI=1S/C26H26O2/c1-2-3-5-10-23-22-16-15-21(28)17-24(22)26(18-8-6-4-7-9-18)25(23)19-11-13-20(27)14-12-19/h4,6-9,11-17,26-28H,2-3,5,10H2,1H3. The monoisotopic (exact) mass is 370 g/mol. The molecule has 0 spiro atoms. The maximum absolute atomic E-state index is 10.2. The van der Waals surface area contributed by atoms with E-state index in [1.54, 1.807) is 18.2 Å². The second-order valence-electron chi connectivity index (χ2n) is 7.51. The van der Waals surface area contributed by atoms with E-state index in [0.717, 1.165) is 18.4 Å². The molecule has 0 fully saturated rings. The fraction of sp³-hybridized carbons (Fsp3) is 0.231. The van der Waals surface area contributed by atoms with Gasteiger partial charge in [0.1, 0.15) is 11.5 Å². The Morgan fingerprint density at radius 1 is 0.786 bits per heavy atom. The van der Waals surface area contributed by atoms with Crippen molar-refractivity contribution in [3.05, 3.63) is 95.1 Å². The second kappa shape index (κ2) is 7.93. The number of fused-ring (bicyclic) bond motifs is 1. The van der Waals surface area contributed by atoms with Crippen molar-refractivity contribution in [1.29, 1.82) is 0 Å². The van der Waals surface area contributed by atoms with Gasteiger partial charge in [0.2, 0.25) is 0 Å². The Balaban J connectivity index is 1.92. The summed E-state index contributed by atoms with van der Waals surface area (Å²) in [7, 11) is 0. The zero-order valence-electron chi connectivity index (χ0n) is 16.2. The molecule has 1 unspecified atom stereocenters. The Morgan fingerprint density at radius 3 is 2.21 bits per heavy atom. The number of hydrogen-bond donors (Lipinski definition) is 2. The highest BCUT2D eigenvalue weighted by molar-refractivity contribution is 6.01. The average molecular weight is 370 g/mol. The molecular weight excluding hydrogens is 344 g/mol. The van der Waals surface area contributed by atoms with E-state index < -0.39 is 0 Å². The third kappa shape index (κ3) is 3.43. The van der Waals surface area contributed by atoms with Gasteiger partial charge in [0.05, 0.1) is 0 Å². The minimum Gasteiger partial charge on any atom is -0.508 e. The first-order valence-electron chi connectivity index (χ1n) is 10.1. The molecule has 0 aliphatic heterocycles. The summed E-state index contributed by atoms with van der Waals surface area (Å²) in [6, 6.07) is 23.8. The predicted molar refractivity (Wildman–Crippen MR) is 115 cm³/mol. The summed E-state index contributed by atoms with van der Waals surface area (Å²) >= 11 is 0. The molecule has 1 atom stereocenters. The summed E-state index contributed by atoms with van der Waals surface area (Å²) in [5, 5.41) is 20.0. The SMILES string of the molecule is CCCCCC1=C(c2ccc(O)cc2)C(c2ccccc2)c2cc(O)ccc21. The smallest absolute Gasteiger partial charge is 0.115 e. The van der Waals surface area contributed by atoms with Gasteiger partial charge in [-0.2, -0.15) is 0 Å². The van der Waals surface area contributed by atoms with E-state index in [1.165, 1.54) is 40.7 Å². The van der Waals surface area contributed by atoms with Gasteiger partial charge in [-0.25, -0.2) is 0 Å². The number of aromatic hydroxyl groups is 2. The largest absolute Gasteiger partial charge is 0.508 e. The van der Waals surface area contributed by atoms with Crippen LogP contribution in [0.5, 0.6) is 11.5 Å². The van der Waals surface area contributed by atoms with Crippen molar-refractivity contribution >= 4 is 11.1 Å². The van der Waals surface area contributed by atoms with Gasteiger partial charge in [0, 0.05) is 5.92 Å². The van der Waals surface area contributed by atoms with Crippen LogP contribution in [0, 0.1) is 0 Å². The molecule has 0 amide bonds. The predicted octanol–water partition coefficient (Wildman–Crippen LogP) is 6.73. The Bertz CT molecular complexity index is 985. The van der Waals surface area contributed by atoms with Crippen molar-refractivity contribution < 1.29 is 10.2 Å². The molecule has 0 aromatic heterocycles. The minimum absolute atomic E-state index is 0.0875. The maximum atomic E-state index is 10.2. The lowest BCUT2D eigenvalue weighted by atomic mass is 9.84. The van der Waals surface area contributed by atoms with E-state index in [0.29, 0.717) is 5.75 Å². The normalized spacial score (nSPS) is 15.7. The lowest BCUT2D eigenvalue weighted by molar-refractivity contribution is 0.474. The highest BCUT2D eigenvalue weighted by atomic mass is 16.3. The van der Waals surface area contributed by atoms with E-state index in [9.17, 15) is 10.2 Å². The van der Waals surface area contributed by atoms with Gasteiger partial charge < -0.3 is 10.2 Å². The third-order valence-corrected chi connectivity index (χ3v) is 5.63. The van der Waals surface area contributed by atoms with Crippen LogP contribution in [-0.2, 0) is 0 Å². The fourth-order valence-corrected chi connectivity index (χ4v) is 4.33. The number of rotatable bonds is 6. The second-order valence-corrected chi connectivity index (χ2v) is 7.51. The number of allylic oxidation sites excluding steroid dienone is 2. The highest BCUT2D eigenvalue weighted by Gasteiger charge is 2.33. The quantitative estimate of drug-likeness (QED) is 0.472. The fourth-order valence-electron chi connectivity index (χ4n) is 4.33. The van der Waals surface area contributed by atoms with Crippen LogP contribution in [-0.4, -0.2) is 10.2 Å². The Kier molecular flexibility index (Phi) is 5.21. The summed E-state index contributed by atoms with van der Waals surface area (Å²) in [4.78, 5) is 0. The van der Waals surface area contributed by atoms with Crippen LogP contribution >= 0.6 is 0 Å². The van der Waals surface area contributed by atoms with Crippen LogP contribution < -0.4 is 0 Å². The molecule has 0 saturated heterocycles. The molecule has 0 radical (unpaired) electrons. The molecule has 0 bridgehead atoms. The van der Waals surface area contributed by atoms with Crippen LogP contribution in [0.2, 0.25) is 0 Å². The van der Waals surface area contributed by atoms with Crippen LogP contribution in [0.4, 0.5) is 0 Å². The maximum Gasteiger partial charge on any atom is 0.115 e. The van der Waals surface area contributed by atoms with Gasteiger partial charge in [0.15, 0.2) is 0 Å². The van der Waals surface area contributed by atoms with E-state index in [1.807, 2.05) is 24.3 Å². The molecular formula is C26H26O2. The van der Waals surface area contributed by atoms with E-state index in [2.05, 4.69) is 37.3 Å². The molecule has 0 heterocycles. The number of unbranched alkanes of at least 4 members (excludes halogenated alkanes) is 2. The van der Waals surface area contributed by atoms with E-state index >= 15 is 0 Å². The molecule has 0 saturated carbocycles. The average Bonchev–Trinajstić information content (AvgIpc) is 3.03. The Morgan fingerprint density at radius 2 is 1.50 bits per heavy atom. The lowest BCUT2D eigenvalue weighted by Crippen LogP contribution is -2.01. The molecule has 1 aliphatic carbocycles. The number of hydrogen-bond acceptors (Lipinski definition) is 2. The number of phenolic OH excluding ortho intramolecular Hbond substituents is 2. The van der Waals surface area contributed by atoms with Crippen molar-refractivity contribution in [2.75, 3.05) is 0 Å². The van der Waals surface area contributed by atoms with Crippen molar-refractivity contribution in [3.63, 3.8) is 0 Å². The van der Waals surface area contributed by atoms with Gasteiger partial charge in [-0.05, 0) is 70.5 Å². The molecule has 1 aliphatic rings.